The number of imidazole rings is 1. The highest BCUT2D eigenvalue weighted by atomic mass is 16.1. The average Bonchev–Trinajstić information content (AvgIpc) is 2.94. The number of carbonyl (C=O) groups is 1. The predicted molar refractivity (Wildman–Crippen MR) is 78.7 cm³/mol. The fraction of sp³-hybridized carbons (Fsp3) is 0.0667. The Morgan fingerprint density at radius 2 is 2.14 bits per heavy atom. The minimum Gasteiger partial charge on any atom is -0.348 e. The summed E-state index contributed by atoms with van der Waals surface area (Å²) in [5.74, 6) is -0.293. The predicted octanol–water partition coefficient (Wildman–Crippen LogP) is 2.43. The number of carbonyl (C=O) groups excluding carboxylic acids is 1. The van der Waals surface area contributed by atoms with Gasteiger partial charge < -0.3 is 10.3 Å². The summed E-state index contributed by atoms with van der Waals surface area (Å²) >= 11 is 0. The highest BCUT2D eigenvalue weighted by molar-refractivity contribution is 6.02. The van der Waals surface area contributed by atoms with E-state index in [9.17, 15) is 4.79 Å². The van der Waals surface area contributed by atoms with Gasteiger partial charge in [0.05, 0.1) is 18.2 Å². The van der Waals surface area contributed by atoms with Gasteiger partial charge in [0.25, 0.3) is 5.91 Å². The van der Waals surface area contributed by atoms with Gasteiger partial charge in [-0.25, -0.2) is 9.97 Å². The zero-order valence-corrected chi connectivity index (χ0v) is 11.4. The van der Waals surface area contributed by atoms with Crippen LogP contribution < -0.4 is 5.32 Å². The number of rotatable bonds is 3. The first-order chi connectivity index (χ1) is 10.2. The number of aromatic nitrogens is 4. The minimum atomic E-state index is -0.293. The van der Waals surface area contributed by atoms with Crippen LogP contribution in [-0.4, -0.2) is 25.8 Å². The van der Waals surface area contributed by atoms with Crippen molar-refractivity contribution < 1.29 is 4.79 Å². The molecule has 6 nitrogen and oxygen atoms in total. The standard InChI is InChI=1S/C15H13N5O/c1-10-14(19-9-18-10)11-3-2-4-12(7-11)20-15(21)13-8-16-5-6-17-13/h2-9H,1H3,(H,18,19)(H,20,21). The fourth-order valence-corrected chi connectivity index (χ4v) is 2.01. The summed E-state index contributed by atoms with van der Waals surface area (Å²) < 4.78 is 0. The van der Waals surface area contributed by atoms with Gasteiger partial charge in [0, 0.05) is 29.3 Å². The van der Waals surface area contributed by atoms with Gasteiger partial charge in [-0.3, -0.25) is 9.78 Å². The van der Waals surface area contributed by atoms with Crippen molar-refractivity contribution in [3.05, 3.63) is 60.6 Å². The Bertz CT molecular complexity index is 766. The maximum absolute atomic E-state index is 12.0. The van der Waals surface area contributed by atoms with Crippen LogP contribution in [0.15, 0.2) is 49.2 Å². The van der Waals surface area contributed by atoms with Crippen molar-refractivity contribution >= 4 is 11.6 Å². The first-order valence-corrected chi connectivity index (χ1v) is 6.42. The van der Waals surface area contributed by atoms with Gasteiger partial charge in [0.15, 0.2) is 0 Å². The van der Waals surface area contributed by atoms with E-state index in [0.717, 1.165) is 17.0 Å². The maximum atomic E-state index is 12.0. The molecule has 6 heteroatoms. The van der Waals surface area contributed by atoms with E-state index in [1.165, 1.54) is 18.6 Å². The number of nitrogens with one attached hydrogen (secondary N) is 2. The second kappa shape index (κ2) is 5.54. The SMILES string of the molecule is Cc1[nH]cnc1-c1cccc(NC(=O)c2cnccn2)c1. The Balaban J connectivity index is 1.84. The van der Waals surface area contributed by atoms with Crippen molar-refractivity contribution in [1.29, 1.82) is 0 Å². The van der Waals surface area contributed by atoms with Gasteiger partial charge in [0.2, 0.25) is 0 Å². The summed E-state index contributed by atoms with van der Waals surface area (Å²) in [6.45, 7) is 1.95. The number of amides is 1. The van der Waals surface area contributed by atoms with Crippen molar-refractivity contribution in [2.75, 3.05) is 5.32 Å². The second-order valence-corrected chi connectivity index (χ2v) is 4.50. The lowest BCUT2D eigenvalue weighted by atomic mass is 10.1. The number of aromatic amines is 1. The molecule has 104 valence electrons. The molecule has 0 spiro atoms. The van der Waals surface area contributed by atoms with Crippen LogP contribution in [0.4, 0.5) is 5.69 Å². The van der Waals surface area contributed by atoms with Gasteiger partial charge in [0.1, 0.15) is 5.69 Å². The molecule has 1 amide bonds. The third kappa shape index (κ3) is 2.79. The summed E-state index contributed by atoms with van der Waals surface area (Å²) in [4.78, 5) is 27.2. The Morgan fingerprint density at radius 3 is 2.86 bits per heavy atom. The molecule has 0 aliphatic heterocycles. The monoisotopic (exact) mass is 279 g/mol. The largest absolute Gasteiger partial charge is 0.348 e. The number of hydrogen-bond acceptors (Lipinski definition) is 4. The van der Waals surface area contributed by atoms with E-state index in [4.69, 9.17) is 0 Å². The van der Waals surface area contributed by atoms with E-state index in [2.05, 4.69) is 25.3 Å². The Morgan fingerprint density at radius 1 is 1.24 bits per heavy atom. The van der Waals surface area contributed by atoms with Crippen LogP contribution in [0.2, 0.25) is 0 Å². The molecule has 2 N–H and O–H groups in total. The van der Waals surface area contributed by atoms with Crippen molar-refractivity contribution in [1.82, 2.24) is 19.9 Å². The number of hydrogen-bond donors (Lipinski definition) is 2. The van der Waals surface area contributed by atoms with Crippen LogP contribution in [-0.2, 0) is 0 Å². The molecule has 21 heavy (non-hydrogen) atoms. The van der Waals surface area contributed by atoms with E-state index in [1.807, 2.05) is 31.2 Å². The molecule has 0 radical (unpaired) electrons. The van der Waals surface area contributed by atoms with E-state index in [0.29, 0.717) is 5.69 Å². The molecule has 0 saturated heterocycles. The molecule has 2 heterocycles. The van der Waals surface area contributed by atoms with Gasteiger partial charge in [-0.05, 0) is 19.1 Å². The number of H-pyrrole nitrogens is 1. The zero-order chi connectivity index (χ0) is 14.7. The van der Waals surface area contributed by atoms with Crippen molar-refractivity contribution in [2.45, 2.75) is 6.92 Å². The minimum absolute atomic E-state index is 0.277. The van der Waals surface area contributed by atoms with Crippen LogP contribution in [0, 0.1) is 6.92 Å². The van der Waals surface area contributed by atoms with Crippen LogP contribution in [0.5, 0.6) is 0 Å². The molecule has 3 aromatic rings. The third-order valence-electron chi connectivity index (χ3n) is 3.02. The zero-order valence-electron chi connectivity index (χ0n) is 11.4. The normalized spacial score (nSPS) is 10.3. The number of benzene rings is 1. The Kier molecular flexibility index (Phi) is 3.42. The molecule has 0 aliphatic rings. The fourth-order valence-electron chi connectivity index (χ4n) is 2.01. The summed E-state index contributed by atoms with van der Waals surface area (Å²) in [6.07, 6.45) is 6.09. The van der Waals surface area contributed by atoms with Crippen LogP contribution in [0.25, 0.3) is 11.3 Å². The quantitative estimate of drug-likeness (QED) is 0.771. The first kappa shape index (κ1) is 13.0. The van der Waals surface area contributed by atoms with Crippen LogP contribution >= 0.6 is 0 Å². The van der Waals surface area contributed by atoms with E-state index >= 15 is 0 Å². The number of anilines is 1. The lowest BCUT2D eigenvalue weighted by molar-refractivity contribution is 0.102. The van der Waals surface area contributed by atoms with Gasteiger partial charge in [-0.2, -0.15) is 0 Å². The summed E-state index contributed by atoms with van der Waals surface area (Å²) in [6, 6.07) is 7.51. The number of aryl methyl sites for hydroxylation is 1. The average molecular weight is 279 g/mol. The van der Waals surface area contributed by atoms with Crippen LogP contribution in [0.3, 0.4) is 0 Å². The molecule has 0 saturated carbocycles. The van der Waals surface area contributed by atoms with E-state index < -0.39 is 0 Å². The molecule has 1 aromatic carbocycles. The van der Waals surface area contributed by atoms with Crippen molar-refractivity contribution in [3.8, 4) is 11.3 Å². The summed E-state index contributed by atoms with van der Waals surface area (Å²) in [7, 11) is 0. The second-order valence-electron chi connectivity index (χ2n) is 4.50. The van der Waals surface area contributed by atoms with Crippen LogP contribution in [0.1, 0.15) is 16.2 Å². The molecule has 0 atom stereocenters. The van der Waals surface area contributed by atoms with Gasteiger partial charge in [-0.1, -0.05) is 12.1 Å². The van der Waals surface area contributed by atoms with E-state index in [-0.39, 0.29) is 11.6 Å². The van der Waals surface area contributed by atoms with Gasteiger partial charge in [-0.15, -0.1) is 0 Å². The molecular formula is C15H13N5O. The summed E-state index contributed by atoms with van der Waals surface area (Å²) in [5, 5.41) is 2.80. The Labute approximate surface area is 121 Å². The molecule has 2 aromatic heterocycles. The lowest BCUT2D eigenvalue weighted by Gasteiger charge is -2.06. The highest BCUT2D eigenvalue weighted by Gasteiger charge is 2.09. The van der Waals surface area contributed by atoms with Crippen molar-refractivity contribution in [2.24, 2.45) is 0 Å². The molecule has 3 rings (SSSR count). The molecule has 0 aliphatic carbocycles. The third-order valence-corrected chi connectivity index (χ3v) is 3.02. The maximum Gasteiger partial charge on any atom is 0.275 e. The highest BCUT2D eigenvalue weighted by Crippen LogP contribution is 2.23. The summed E-state index contributed by atoms with van der Waals surface area (Å²) in [5.41, 5.74) is 3.74. The van der Waals surface area contributed by atoms with Crippen molar-refractivity contribution in [3.63, 3.8) is 0 Å². The molecule has 0 fully saturated rings. The first-order valence-electron chi connectivity index (χ1n) is 6.42. The molecular weight excluding hydrogens is 266 g/mol. The van der Waals surface area contributed by atoms with E-state index in [1.54, 1.807) is 6.33 Å². The molecule has 0 bridgehead atoms. The topological polar surface area (TPSA) is 83.6 Å². The van der Waals surface area contributed by atoms with Gasteiger partial charge >= 0.3 is 0 Å². The molecule has 0 unspecified atom stereocenters. The Hall–Kier alpha value is -3.02. The lowest BCUT2D eigenvalue weighted by Crippen LogP contribution is -2.13. The smallest absolute Gasteiger partial charge is 0.275 e. The number of nitrogens with zero attached hydrogens (tertiary/aromatic N) is 3.